The summed E-state index contributed by atoms with van der Waals surface area (Å²) in [5, 5.41) is 3.40. The fourth-order valence-electron chi connectivity index (χ4n) is 2.69. The van der Waals surface area contributed by atoms with Crippen LogP contribution in [0, 0.1) is 6.92 Å². The van der Waals surface area contributed by atoms with Gasteiger partial charge in [-0.3, -0.25) is 4.90 Å². The van der Waals surface area contributed by atoms with Crippen LogP contribution in [0.1, 0.15) is 22.9 Å². The third-order valence-corrected chi connectivity index (χ3v) is 3.72. The van der Waals surface area contributed by atoms with Crippen molar-refractivity contribution in [1.82, 2.24) is 10.2 Å². The molecule has 0 saturated carbocycles. The molecule has 3 nitrogen and oxygen atoms in total. The van der Waals surface area contributed by atoms with Crippen LogP contribution >= 0.6 is 0 Å². The third kappa shape index (κ3) is 2.72. The van der Waals surface area contributed by atoms with Crippen LogP contribution in [-0.2, 0) is 0 Å². The first-order valence-corrected chi connectivity index (χ1v) is 6.89. The molecule has 0 radical (unpaired) electrons. The summed E-state index contributed by atoms with van der Waals surface area (Å²) in [7, 11) is 0. The van der Waals surface area contributed by atoms with Gasteiger partial charge in [-0.2, -0.15) is 0 Å². The lowest BCUT2D eigenvalue weighted by atomic mass is 10.0. The van der Waals surface area contributed by atoms with Crippen LogP contribution in [0.25, 0.3) is 0 Å². The molecule has 1 unspecified atom stereocenters. The van der Waals surface area contributed by atoms with Gasteiger partial charge in [0, 0.05) is 26.2 Å². The van der Waals surface area contributed by atoms with Crippen LogP contribution in [0.2, 0.25) is 0 Å². The van der Waals surface area contributed by atoms with Crippen molar-refractivity contribution in [3.63, 3.8) is 0 Å². The minimum absolute atomic E-state index is 0.234. The predicted molar refractivity (Wildman–Crippen MR) is 76.2 cm³/mol. The number of furan rings is 1. The number of hydrogen-bond acceptors (Lipinski definition) is 3. The molecule has 3 rings (SSSR count). The highest BCUT2D eigenvalue weighted by Gasteiger charge is 2.25. The van der Waals surface area contributed by atoms with Crippen LogP contribution in [0.5, 0.6) is 0 Å². The Hall–Kier alpha value is -1.58. The van der Waals surface area contributed by atoms with E-state index in [4.69, 9.17) is 4.42 Å². The molecular weight excluding hydrogens is 236 g/mol. The zero-order valence-corrected chi connectivity index (χ0v) is 11.3. The molecule has 2 heterocycles. The van der Waals surface area contributed by atoms with E-state index in [9.17, 15) is 0 Å². The first kappa shape index (κ1) is 12.5. The van der Waals surface area contributed by atoms with Crippen molar-refractivity contribution in [1.29, 1.82) is 0 Å². The summed E-state index contributed by atoms with van der Waals surface area (Å²) in [5.41, 5.74) is 2.60. The molecule has 1 aliphatic rings. The van der Waals surface area contributed by atoms with Gasteiger partial charge in [0.25, 0.3) is 0 Å². The number of rotatable bonds is 3. The predicted octanol–water partition coefficient (Wildman–Crippen LogP) is 2.58. The second-order valence-corrected chi connectivity index (χ2v) is 5.11. The molecule has 0 spiro atoms. The zero-order valence-electron chi connectivity index (χ0n) is 11.3. The maximum absolute atomic E-state index is 5.67. The molecule has 1 atom stereocenters. The summed E-state index contributed by atoms with van der Waals surface area (Å²) < 4.78 is 5.67. The lowest BCUT2D eigenvalue weighted by Crippen LogP contribution is -2.45. The standard InChI is InChI=1S/C16H20N2O/c1-13-4-6-14(7-5-13)16(15-3-2-12-19-15)18-10-8-17-9-11-18/h2-7,12,16-17H,8-11H2,1H3. The van der Waals surface area contributed by atoms with E-state index in [1.807, 2.05) is 6.07 Å². The van der Waals surface area contributed by atoms with E-state index in [0.717, 1.165) is 31.9 Å². The minimum Gasteiger partial charge on any atom is -0.467 e. The smallest absolute Gasteiger partial charge is 0.125 e. The van der Waals surface area contributed by atoms with E-state index in [-0.39, 0.29) is 6.04 Å². The van der Waals surface area contributed by atoms with Crippen LogP contribution in [-0.4, -0.2) is 31.1 Å². The van der Waals surface area contributed by atoms with Gasteiger partial charge in [-0.1, -0.05) is 29.8 Å². The molecule has 0 amide bonds. The van der Waals surface area contributed by atoms with Crippen LogP contribution in [0.4, 0.5) is 0 Å². The Morgan fingerprint density at radius 3 is 2.47 bits per heavy atom. The minimum atomic E-state index is 0.234. The molecular formula is C16H20N2O. The highest BCUT2D eigenvalue weighted by atomic mass is 16.3. The number of benzene rings is 1. The van der Waals surface area contributed by atoms with Gasteiger partial charge in [0.1, 0.15) is 5.76 Å². The first-order valence-electron chi connectivity index (χ1n) is 6.89. The maximum atomic E-state index is 5.67. The molecule has 1 saturated heterocycles. The Labute approximate surface area is 114 Å². The van der Waals surface area contributed by atoms with Gasteiger partial charge >= 0.3 is 0 Å². The number of hydrogen-bond donors (Lipinski definition) is 1. The third-order valence-electron chi connectivity index (χ3n) is 3.72. The Morgan fingerprint density at radius 1 is 1.11 bits per heavy atom. The molecule has 1 N–H and O–H groups in total. The molecule has 3 heteroatoms. The second-order valence-electron chi connectivity index (χ2n) is 5.11. The molecule has 0 aliphatic carbocycles. The van der Waals surface area contributed by atoms with E-state index in [2.05, 4.69) is 47.5 Å². The van der Waals surface area contributed by atoms with Gasteiger partial charge in [-0.25, -0.2) is 0 Å². The van der Waals surface area contributed by atoms with Crippen molar-refractivity contribution in [3.05, 3.63) is 59.5 Å². The van der Waals surface area contributed by atoms with Gasteiger partial charge in [0.15, 0.2) is 0 Å². The van der Waals surface area contributed by atoms with Crippen molar-refractivity contribution in [3.8, 4) is 0 Å². The Bertz CT molecular complexity index is 498. The Morgan fingerprint density at radius 2 is 1.84 bits per heavy atom. The van der Waals surface area contributed by atoms with Gasteiger partial charge in [-0.15, -0.1) is 0 Å². The quantitative estimate of drug-likeness (QED) is 0.915. The molecule has 0 bridgehead atoms. The molecule has 1 aromatic heterocycles. The second kappa shape index (κ2) is 5.59. The number of nitrogens with zero attached hydrogens (tertiary/aromatic N) is 1. The number of aryl methyl sites for hydroxylation is 1. The summed E-state index contributed by atoms with van der Waals surface area (Å²) in [6.07, 6.45) is 1.76. The van der Waals surface area contributed by atoms with Crippen molar-refractivity contribution in [2.24, 2.45) is 0 Å². The molecule has 100 valence electrons. The first-order chi connectivity index (χ1) is 9.34. The van der Waals surface area contributed by atoms with Crippen LogP contribution in [0.3, 0.4) is 0 Å². The van der Waals surface area contributed by atoms with Crippen molar-refractivity contribution >= 4 is 0 Å². The van der Waals surface area contributed by atoms with Crippen molar-refractivity contribution in [2.45, 2.75) is 13.0 Å². The van der Waals surface area contributed by atoms with Gasteiger partial charge in [0.05, 0.1) is 12.3 Å². The average Bonchev–Trinajstić information content (AvgIpc) is 2.96. The largest absolute Gasteiger partial charge is 0.467 e. The summed E-state index contributed by atoms with van der Waals surface area (Å²) in [4.78, 5) is 2.49. The maximum Gasteiger partial charge on any atom is 0.125 e. The topological polar surface area (TPSA) is 28.4 Å². The lowest BCUT2D eigenvalue weighted by Gasteiger charge is -2.34. The summed E-state index contributed by atoms with van der Waals surface area (Å²) in [6.45, 7) is 6.32. The SMILES string of the molecule is Cc1ccc(C(c2ccco2)N2CCNCC2)cc1. The van der Waals surface area contributed by atoms with E-state index >= 15 is 0 Å². The van der Waals surface area contributed by atoms with Gasteiger partial charge < -0.3 is 9.73 Å². The fraction of sp³-hybridized carbons (Fsp3) is 0.375. The molecule has 19 heavy (non-hydrogen) atoms. The summed E-state index contributed by atoms with van der Waals surface area (Å²) >= 11 is 0. The molecule has 1 aliphatic heterocycles. The van der Waals surface area contributed by atoms with E-state index < -0.39 is 0 Å². The summed E-state index contributed by atoms with van der Waals surface area (Å²) in [5.74, 6) is 1.03. The fourth-order valence-corrected chi connectivity index (χ4v) is 2.69. The number of nitrogens with one attached hydrogen (secondary N) is 1. The lowest BCUT2D eigenvalue weighted by molar-refractivity contribution is 0.180. The monoisotopic (exact) mass is 256 g/mol. The van der Waals surface area contributed by atoms with E-state index in [1.165, 1.54) is 11.1 Å². The normalized spacial score (nSPS) is 18.4. The van der Waals surface area contributed by atoms with E-state index in [1.54, 1.807) is 6.26 Å². The molecule has 2 aromatic rings. The van der Waals surface area contributed by atoms with E-state index in [0.29, 0.717) is 0 Å². The molecule has 1 fully saturated rings. The van der Waals surface area contributed by atoms with Crippen LogP contribution in [0.15, 0.2) is 47.1 Å². The van der Waals surface area contributed by atoms with Crippen molar-refractivity contribution < 1.29 is 4.42 Å². The van der Waals surface area contributed by atoms with Crippen LogP contribution < -0.4 is 5.32 Å². The zero-order chi connectivity index (χ0) is 13.1. The average molecular weight is 256 g/mol. The van der Waals surface area contributed by atoms with Gasteiger partial charge in [0.2, 0.25) is 0 Å². The highest BCUT2D eigenvalue weighted by molar-refractivity contribution is 5.29. The van der Waals surface area contributed by atoms with Gasteiger partial charge in [-0.05, 0) is 24.6 Å². The van der Waals surface area contributed by atoms with Crippen molar-refractivity contribution in [2.75, 3.05) is 26.2 Å². The summed E-state index contributed by atoms with van der Waals surface area (Å²) in [6, 6.07) is 13.1. The Kier molecular flexibility index (Phi) is 3.67. The number of piperazine rings is 1. The highest BCUT2D eigenvalue weighted by Crippen LogP contribution is 2.29. The Balaban J connectivity index is 1.93. The molecule has 1 aromatic carbocycles.